The minimum Gasteiger partial charge on any atom is -0.332 e. The van der Waals surface area contributed by atoms with Gasteiger partial charge in [0.05, 0.1) is 6.54 Å². The number of aryl methyl sites for hydroxylation is 2. The molecule has 4 nitrogen and oxygen atoms in total. The number of nitrogens with one attached hydrogen (secondary N) is 1. The molecule has 0 saturated heterocycles. The van der Waals surface area contributed by atoms with Gasteiger partial charge in [-0.2, -0.15) is 0 Å². The lowest BCUT2D eigenvalue weighted by molar-refractivity contribution is -0.116. The normalized spacial score (nSPS) is 10.3. The van der Waals surface area contributed by atoms with Gasteiger partial charge in [0, 0.05) is 23.3 Å². The Morgan fingerprint density at radius 1 is 1.13 bits per heavy atom. The molecule has 120 valence electrons. The fourth-order valence-corrected chi connectivity index (χ4v) is 2.42. The van der Waals surface area contributed by atoms with Gasteiger partial charge in [-0.1, -0.05) is 35.4 Å². The first-order chi connectivity index (χ1) is 10.9. The highest BCUT2D eigenvalue weighted by molar-refractivity contribution is 6.30. The summed E-state index contributed by atoms with van der Waals surface area (Å²) in [6, 6.07) is 12.6. The van der Waals surface area contributed by atoms with Gasteiger partial charge in [0.25, 0.3) is 5.91 Å². The maximum Gasteiger partial charge on any atom is 0.254 e. The van der Waals surface area contributed by atoms with Gasteiger partial charge in [-0.05, 0) is 43.7 Å². The minimum absolute atomic E-state index is 0.0290. The molecule has 0 heterocycles. The zero-order chi connectivity index (χ0) is 17.0. The summed E-state index contributed by atoms with van der Waals surface area (Å²) in [5, 5.41) is 3.27. The number of hydrogen-bond acceptors (Lipinski definition) is 2. The summed E-state index contributed by atoms with van der Waals surface area (Å²) in [6.07, 6.45) is 0. The second-order valence-corrected chi connectivity index (χ2v) is 5.97. The van der Waals surface area contributed by atoms with E-state index < -0.39 is 0 Å². The van der Waals surface area contributed by atoms with Gasteiger partial charge in [0.15, 0.2) is 0 Å². The Labute approximate surface area is 141 Å². The molecule has 0 aliphatic heterocycles. The largest absolute Gasteiger partial charge is 0.332 e. The van der Waals surface area contributed by atoms with Gasteiger partial charge in [-0.15, -0.1) is 0 Å². The van der Waals surface area contributed by atoms with Crippen LogP contribution in [0.3, 0.4) is 0 Å². The number of rotatable bonds is 4. The van der Waals surface area contributed by atoms with Crippen molar-refractivity contribution in [2.45, 2.75) is 13.8 Å². The van der Waals surface area contributed by atoms with E-state index in [2.05, 4.69) is 5.32 Å². The Balaban J connectivity index is 2.03. The summed E-state index contributed by atoms with van der Waals surface area (Å²) in [6.45, 7) is 3.79. The number of amides is 2. The monoisotopic (exact) mass is 330 g/mol. The van der Waals surface area contributed by atoms with Crippen LogP contribution in [0.15, 0.2) is 42.5 Å². The van der Waals surface area contributed by atoms with E-state index in [-0.39, 0.29) is 18.4 Å². The summed E-state index contributed by atoms with van der Waals surface area (Å²) in [7, 11) is 1.61. The Morgan fingerprint density at radius 3 is 2.57 bits per heavy atom. The van der Waals surface area contributed by atoms with Crippen LogP contribution in [0, 0.1) is 13.8 Å². The summed E-state index contributed by atoms with van der Waals surface area (Å²) in [4.78, 5) is 26.0. The lowest BCUT2D eigenvalue weighted by Gasteiger charge is -2.18. The Hall–Kier alpha value is -2.33. The fraction of sp³-hybridized carbons (Fsp3) is 0.222. The number of anilines is 1. The number of hydrogen-bond donors (Lipinski definition) is 1. The van der Waals surface area contributed by atoms with E-state index in [4.69, 9.17) is 11.6 Å². The zero-order valence-corrected chi connectivity index (χ0v) is 14.1. The van der Waals surface area contributed by atoms with Crippen molar-refractivity contribution in [1.82, 2.24) is 4.90 Å². The van der Waals surface area contributed by atoms with Crippen molar-refractivity contribution < 1.29 is 9.59 Å². The smallest absolute Gasteiger partial charge is 0.254 e. The van der Waals surface area contributed by atoms with Crippen molar-refractivity contribution in [2.75, 3.05) is 18.9 Å². The first-order valence-corrected chi connectivity index (χ1v) is 7.63. The molecular weight excluding hydrogens is 312 g/mol. The van der Waals surface area contributed by atoms with Crippen LogP contribution >= 0.6 is 11.6 Å². The molecule has 0 radical (unpaired) electrons. The lowest BCUT2D eigenvalue weighted by atomic mass is 10.0. The third-order valence-corrected chi connectivity index (χ3v) is 3.69. The third kappa shape index (κ3) is 4.57. The number of likely N-dealkylation sites (N-methyl/N-ethyl adjacent to an activating group) is 1. The Morgan fingerprint density at radius 2 is 1.87 bits per heavy atom. The summed E-state index contributed by atoms with van der Waals surface area (Å²) in [5.41, 5.74) is 3.12. The minimum atomic E-state index is -0.270. The average molecular weight is 331 g/mol. The predicted molar refractivity (Wildman–Crippen MR) is 93.0 cm³/mol. The first kappa shape index (κ1) is 17.0. The predicted octanol–water partition coefficient (Wildman–Crippen LogP) is 3.67. The highest BCUT2D eigenvalue weighted by atomic mass is 35.5. The SMILES string of the molecule is Cc1ccc(C)c(C(=O)N(C)CC(=O)Nc2cccc(Cl)c2)c1. The molecule has 2 amide bonds. The van der Waals surface area contributed by atoms with E-state index in [0.717, 1.165) is 11.1 Å². The quantitative estimate of drug-likeness (QED) is 0.930. The second-order valence-electron chi connectivity index (χ2n) is 5.54. The molecule has 2 rings (SSSR count). The van der Waals surface area contributed by atoms with E-state index in [9.17, 15) is 9.59 Å². The Kier molecular flexibility index (Phi) is 5.40. The summed E-state index contributed by atoms with van der Waals surface area (Å²) >= 11 is 5.88. The van der Waals surface area contributed by atoms with E-state index in [1.54, 1.807) is 31.3 Å². The number of carbonyl (C=O) groups excluding carboxylic acids is 2. The molecule has 0 aliphatic rings. The van der Waals surface area contributed by atoms with Crippen LogP contribution in [-0.2, 0) is 4.79 Å². The van der Waals surface area contributed by atoms with Crippen molar-refractivity contribution in [3.8, 4) is 0 Å². The molecule has 2 aromatic rings. The maximum atomic E-state index is 12.5. The van der Waals surface area contributed by atoms with Gasteiger partial charge in [-0.25, -0.2) is 0 Å². The molecule has 0 aliphatic carbocycles. The number of benzene rings is 2. The van der Waals surface area contributed by atoms with E-state index in [0.29, 0.717) is 16.3 Å². The third-order valence-electron chi connectivity index (χ3n) is 3.46. The van der Waals surface area contributed by atoms with Crippen molar-refractivity contribution in [2.24, 2.45) is 0 Å². The zero-order valence-electron chi connectivity index (χ0n) is 13.4. The van der Waals surface area contributed by atoms with Gasteiger partial charge < -0.3 is 10.2 Å². The van der Waals surface area contributed by atoms with Crippen LogP contribution in [0.2, 0.25) is 5.02 Å². The number of halogens is 1. The molecular formula is C18H19ClN2O2. The number of nitrogens with zero attached hydrogens (tertiary/aromatic N) is 1. The molecule has 0 saturated carbocycles. The highest BCUT2D eigenvalue weighted by Gasteiger charge is 2.17. The molecule has 2 aromatic carbocycles. The molecule has 1 N–H and O–H groups in total. The average Bonchev–Trinajstić information content (AvgIpc) is 2.48. The molecule has 0 bridgehead atoms. The lowest BCUT2D eigenvalue weighted by Crippen LogP contribution is -2.35. The van der Waals surface area contributed by atoms with Crippen LogP contribution in [0.1, 0.15) is 21.5 Å². The van der Waals surface area contributed by atoms with Crippen molar-refractivity contribution in [3.63, 3.8) is 0 Å². The topological polar surface area (TPSA) is 49.4 Å². The summed E-state index contributed by atoms with van der Waals surface area (Å²) < 4.78 is 0. The van der Waals surface area contributed by atoms with Crippen molar-refractivity contribution >= 4 is 29.1 Å². The molecule has 0 spiro atoms. The van der Waals surface area contributed by atoms with Gasteiger partial charge in [0.2, 0.25) is 5.91 Å². The van der Waals surface area contributed by atoms with Crippen LogP contribution in [0.5, 0.6) is 0 Å². The molecule has 5 heteroatoms. The van der Waals surface area contributed by atoms with E-state index in [1.807, 2.05) is 32.0 Å². The van der Waals surface area contributed by atoms with E-state index >= 15 is 0 Å². The molecule has 0 unspecified atom stereocenters. The second kappa shape index (κ2) is 7.29. The fourth-order valence-electron chi connectivity index (χ4n) is 2.23. The van der Waals surface area contributed by atoms with E-state index in [1.165, 1.54) is 4.90 Å². The molecule has 0 aromatic heterocycles. The van der Waals surface area contributed by atoms with Gasteiger partial charge in [-0.3, -0.25) is 9.59 Å². The summed E-state index contributed by atoms with van der Waals surface area (Å²) in [5.74, 6) is -0.444. The van der Waals surface area contributed by atoms with Crippen LogP contribution in [0.25, 0.3) is 0 Å². The molecule has 0 atom stereocenters. The maximum absolute atomic E-state index is 12.5. The highest BCUT2D eigenvalue weighted by Crippen LogP contribution is 2.15. The van der Waals surface area contributed by atoms with Crippen LogP contribution < -0.4 is 5.32 Å². The van der Waals surface area contributed by atoms with Crippen LogP contribution in [-0.4, -0.2) is 30.3 Å². The van der Waals surface area contributed by atoms with Crippen molar-refractivity contribution in [1.29, 1.82) is 0 Å². The molecule has 0 fully saturated rings. The Bertz CT molecular complexity index is 744. The first-order valence-electron chi connectivity index (χ1n) is 7.25. The van der Waals surface area contributed by atoms with Gasteiger partial charge in [0.1, 0.15) is 0 Å². The van der Waals surface area contributed by atoms with Crippen LogP contribution in [0.4, 0.5) is 5.69 Å². The van der Waals surface area contributed by atoms with Gasteiger partial charge >= 0.3 is 0 Å². The standard InChI is InChI=1S/C18H19ClN2O2/c1-12-7-8-13(2)16(9-12)18(23)21(3)11-17(22)20-15-6-4-5-14(19)10-15/h4-10H,11H2,1-3H3,(H,20,22). The van der Waals surface area contributed by atoms with Crippen molar-refractivity contribution in [3.05, 3.63) is 64.2 Å². The molecule has 23 heavy (non-hydrogen) atoms. The number of carbonyl (C=O) groups is 2.